The van der Waals surface area contributed by atoms with E-state index in [1.54, 1.807) is 13.8 Å². The second kappa shape index (κ2) is 9.03. The fraction of sp³-hybridized carbons (Fsp3) is 0.714. The number of hydrogen-bond acceptors (Lipinski definition) is 4. The molecule has 0 aromatic heterocycles. The van der Waals surface area contributed by atoms with Gasteiger partial charge >= 0.3 is 41.5 Å². The zero-order valence-electron chi connectivity index (χ0n) is 7.75. The summed E-state index contributed by atoms with van der Waals surface area (Å²) in [7, 11) is 0. The van der Waals surface area contributed by atoms with Gasteiger partial charge in [-0.15, -0.1) is 0 Å². The Hall–Kier alpha value is -0.0600. The normalized spacial score (nSPS) is 8.17. The first-order valence-electron chi connectivity index (χ1n) is 3.52. The van der Waals surface area contributed by atoms with Crippen molar-refractivity contribution in [3.8, 4) is 0 Å². The van der Waals surface area contributed by atoms with Crippen LogP contribution in [0.4, 0.5) is 0 Å². The Balaban J connectivity index is 0. The summed E-state index contributed by atoms with van der Waals surface area (Å²) in [5.74, 6) is -1.07. The van der Waals surface area contributed by atoms with Gasteiger partial charge in [-0.1, -0.05) is 0 Å². The molecule has 0 radical (unpaired) electrons. The molecule has 5 heteroatoms. The average Bonchev–Trinajstić information content (AvgIpc) is 1.87. The molecule has 0 amide bonds. The zero-order chi connectivity index (χ0) is 8.69. The zero-order valence-corrected chi connectivity index (χ0v) is 9.75. The molecule has 0 aliphatic carbocycles. The summed E-state index contributed by atoms with van der Waals surface area (Å²) in [6, 6.07) is 0. The molecule has 0 heterocycles. The quantitative estimate of drug-likeness (QED) is 0.275. The van der Waals surface area contributed by atoms with Crippen molar-refractivity contribution in [1.82, 2.24) is 0 Å². The van der Waals surface area contributed by atoms with Crippen LogP contribution in [0.5, 0.6) is 0 Å². The first-order chi connectivity index (χ1) is 5.20. The number of rotatable bonds is 4. The molecule has 0 spiro atoms. The van der Waals surface area contributed by atoms with Crippen LogP contribution in [0.2, 0.25) is 0 Å². The Morgan fingerprint density at radius 1 is 1.00 bits per heavy atom. The van der Waals surface area contributed by atoms with E-state index in [1.165, 1.54) is 0 Å². The van der Waals surface area contributed by atoms with Crippen LogP contribution in [0.25, 0.3) is 0 Å². The summed E-state index contributed by atoms with van der Waals surface area (Å²) in [6.07, 6.45) is -0.290. The van der Waals surface area contributed by atoms with Crippen molar-refractivity contribution in [1.29, 1.82) is 0 Å². The van der Waals surface area contributed by atoms with Gasteiger partial charge in [0.15, 0.2) is 0 Å². The van der Waals surface area contributed by atoms with E-state index in [9.17, 15) is 9.59 Å². The predicted octanol–water partition coefficient (Wildman–Crippen LogP) is -2.49. The van der Waals surface area contributed by atoms with Gasteiger partial charge in [-0.25, -0.2) is 0 Å². The molecule has 0 saturated heterocycles. The molecule has 0 atom stereocenters. The van der Waals surface area contributed by atoms with E-state index in [4.69, 9.17) is 0 Å². The van der Waals surface area contributed by atoms with Gasteiger partial charge in [0.05, 0.1) is 13.2 Å². The summed E-state index contributed by atoms with van der Waals surface area (Å²) in [4.78, 5) is 21.2. The molecule has 0 aliphatic rings. The molecule has 0 N–H and O–H groups in total. The van der Waals surface area contributed by atoms with Gasteiger partial charge in [-0.2, -0.15) is 0 Å². The van der Waals surface area contributed by atoms with E-state index >= 15 is 0 Å². The molecule has 64 valence electrons. The van der Waals surface area contributed by atoms with Gasteiger partial charge in [0, 0.05) is 0 Å². The van der Waals surface area contributed by atoms with Gasteiger partial charge in [0.1, 0.15) is 6.42 Å². The third-order valence-corrected chi connectivity index (χ3v) is 0.899. The SMILES string of the molecule is CCOC(=O)CC(=O)OCC.[Na+]. The standard InChI is InChI=1S/C7H12O4.Na/c1-3-10-6(8)5-7(9)11-4-2;/h3-5H2,1-2H3;/q;+1. The molecule has 0 rings (SSSR count). The van der Waals surface area contributed by atoms with E-state index in [-0.39, 0.29) is 49.2 Å². The summed E-state index contributed by atoms with van der Waals surface area (Å²) in [5, 5.41) is 0. The molecule has 0 fully saturated rings. The molecular formula is C7H12NaO4+. The van der Waals surface area contributed by atoms with Gasteiger partial charge < -0.3 is 9.47 Å². The van der Waals surface area contributed by atoms with Crippen LogP contribution >= 0.6 is 0 Å². The maximum Gasteiger partial charge on any atom is 1.00 e. The Kier molecular flexibility index (Phi) is 10.9. The Morgan fingerprint density at radius 3 is 1.58 bits per heavy atom. The Bertz CT molecular complexity index is 130. The number of ether oxygens (including phenoxy) is 2. The minimum atomic E-state index is -0.536. The summed E-state index contributed by atoms with van der Waals surface area (Å²) in [5.41, 5.74) is 0. The number of carbonyl (C=O) groups excluding carboxylic acids is 2. The molecule has 0 saturated carbocycles. The van der Waals surface area contributed by atoms with Crippen LogP contribution in [0.3, 0.4) is 0 Å². The van der Waals surface area contributed by atoms with Crippen LogP contribution in [-0.4, -0.2) is 25.2 Å². The summed E-state index contributed by atoms with van der Waals surface area (Å²) in [6.45, 7) is 3.95. The average molecular weight is 183 g/mol. The van der Waals surface area contributed by atoms with Crippen LogP contribution in [0.1, 0.15) is 20.3 Å². The number of esters is 2. The van der Waals surface area contributed by atoms with E-state index < -0.39 is 11.9 Å². The first-order valence-corrected chi connectivity index (χ1v) is 3.52. The van der Waals surface area contributed by atoms with Crippen molar-refractivity contribution in [2.24, 2.45) is 0 Å². The molecule has 0 bridgehead atoms. The smallest absolute Gasteiger partial charge is 0.466 e. The molecule has 0 aromatic carbocycles. The minimum absolute atomic E-state index is 0. The van der Waals surface area contributed by atoms with Crippen LogP contribution in [0, 0.1) is 0 Å². The molecule has 0 aliphatic heterocycles. The largest absolute Gasteiger partial charge is 1.00 e. The van der Waals surface area contributed by atoms with E-state index in [2.05, 4.69) is 9.47 Å². The topological polar surface area (TPSA) is 52.6 Å². The van der Waals surface area contributed by atoms with Crippen LogP contribution < -0.4 is 29.6 Å². The van der Waals surface area contributed by atoms with Crippen molar-refractivity contribution < 1.29 is 48.6 Å². The fourth-order valence-corrected chi connectivity index (χ4v) is 0.542. The van der Waals surface area contributed by atoms with Crippen molar-refractivity contribution in [3.63, 3.8) is 0 Å². The number of hydrogen-bond donors (Lipinski definition) is 0. The van der Waals surface area contributed by atoms with E-state index in [0.717, 1.165) is 0 Å². The van der Waals surface area contributed by atoms with Gasteiger partial charge in [0.2, 0.25) is 0 Å². The predicted molar refractivity (Wildman–Crippen MR) is 37.9 cm³/mol. The molecule has 0 unspecified atom stereocenters. The second-order valence-corrected chi connectivity index (χ2v) is 1.79. The summed E-state index contributed by atoms with van der Waals surface area (Å²) >= 11 is 0. The fourth-order valence-electron chi connectivity index (χ4n) is 0.542. The molecular weight excluding hydrogens is 171 g/mol. The third-order valence-electron chi connectivity index (χ3n) is 0.899. The molecule has 12 heavy (non-hydrogen) atoms. The minimum Gasteiger partial charge on any atom is -0.466 e. The van der Waals surface area contributed by atoms with Gasteiger partial charge in [-0.3, -0.25) is 9.59 Å². The Labute approximate surface area is 93.9 Å². The van der Waals surface area contributed by atoms with Crippen molar-refractivity contribution in [3.05, 3.63) is 0 Å². The number of carbonyl (C=O) groups is 2. The van der Waals surface area contributed by atoms with Gasteiger partial charge in [-0.05, 0) is 13.8 Å². The van der Waals surface area contributed by atoms with Crippen molar-refractivity contribution in [2.45, 2.75) is 20.3 Å². The first kappa shape index (κ1) is 14.5. The van der Waals surface area contributed by atoms with E-state index in [1.807, 2.05) is 0 Å². The Morgan fingerprint density at radius 2 is 1.33 bits per heavy atom. The van der Waals surface area contributed by atoms with Crippen molar-refractivity contribution in [2.75, 3.05) is 13.2 Å². The molecule has 0 aromatic rings. The van der Waals surface area contributed by atoms with Crippen LogP contribution in [-0.2, 0) is 19.1 Å². The second-order valence-electron chi connectivity index (χ2n) is 1.79. The maximum absolute atomic E-state index is 10.6. The third kappa shape index (κ3) is 8.04. The maximum atomic E-state index is 10.6. The summed E-state index contributed by atoms with van der Waals surface area (Å²) < 4.78 is 9.04. The van der Waals surface area contributed by atoms with Gasteiger partial charge in [0.25, 0.3) is 0 Å². The molecule has 4 nitrogen and oxygen atoms in total. The van der Waals surface area contributed by atoms with E-state index in [0.29, 0.717) is 0 Å². The van der Waals surface area contributed by atoms with Crippen molar-refractivity contribution >= 4 is 11.9 Å². The monoisotopic (exact) mass is 183 g/mol. The van der Waals surface area contributed by atoms with Crippen LogP contribution in [0.15, 0.2) is 0 Å².